The van der Waals surface area contributed by atoms with Crippen LogP contribution in [-0.2, 0) is 12.8 Å². The second-order valence-electron chi connectivity index (χ2n) is 10.5. The zero-order chi connectivity index (χ0) is 26.9. The summed E-state index contributed by atoms with van der Waals surface area (Å²) in [6.07, 6.45) is 2.83. The summed E-state index contributed by atoms with van der Waals surface area (Å²) in [5.74, 6) is 2.54. The first kappa shape index (κ1) is 24.9. The van der Waals surface area contributed by atoms with E-state index < -0.39 is 12.1 Å². The van der Waals surface area contributed by atoms with Gasteiger partial charge in [0.1, 0.15) is 18.4 Å². The molecule has 6 rings (SSSR count). The van der Waals surface area contributed by atoms with E-state index in [1.807, 2.05) is 20.9 Å². The SMILES string of the molecule is C=CCOc1c(C)c2c(c3c1CC1[C@@H]4c5c(cc(C)c(OC)c5O)C[C@@H]([C@H](C#N)N1[C@H]3CO)N4C)OCO2. The Hall–Kier alpha value is -3.45. The van der Waals surface area contributed by atoms with Crippen molar-refractivity contribution >= 4 is 0 Å². The Labute approximate surface area is 222 Å². The molecular weight excluding hydrogens is 486 g/mol. The van der Waals surface area contributed by atoms with Crippen molar-refractivity contribution in [2.45, 2.75) is 56.9 Å². The number of benzene rings is 2. The van der Waals surface area contributed by atoms with Gasteiger partial charge in [-0.3, -0.25) is 9.80 Å². The number of aliphatic hydroxyl groups excluding tert-OH is 1. The third kappa shape index (κ3) is 3.20. The molecule has 0 aliphatic carbocycles. The molecule has 4 heterocycles. The molecule has 38 heavy (non-hydrogen) atoms. The van der Waals surface area contributed by atoms with Crippen LogP contribution in [0.4, 0.5) is 0 Å². The van der Waals surface area contributed by atoms with Crippen LogP contribution in [0, 0.1) is 25.2 Å². The summed E-state index contributed by atoms with van der Waals surface area (Å²) in [4.78, 5) is 4.36. The summed E-state index contributed by atoms with van der Waals surface area (Å²) in [5.41, 5.74) is 5.31. The molecule has 2 N–H and O–H groups in total. The van der Waals surface area contributed by atoms with Gasteiger partial charge in [0.05, 0.1) is 31.9 Å². The van der Waals surface area contributed by atoms with Crippen molar-refractivity contribution < 1.29 is 29.2 Å². The Bertz CT molecular complexity index is 1370. The third-order valence-electron chi connectivity index (χ3n) is 8.78. The van der Waals surface area contributed by atoms with Gasteiger partial charge in [-0.2, -0.15) is 5.26 Å². The van der Waals surface area contributed by atoms with E-state index in [1.165, 1.54) is 0 Å². The number of ether oxygens (including phenoxy) is 4. The molecule has 5 atom stereocenters. The molecule has 0 saturated carbocycles. The predicted octanol–water partition coefficient (Wildman–Crippen LogP) is 3.07. The molecule has 2 bridgehead atoms. The molecule has 1 saturated heterocycles. The molecule has 2 aromatic carbocycles. The minimum absolute atomic E-state index is 0.0885. The molecule has 200 valence electrons. The molecule has 0 radical (unpaired) electrons. The van der Waals surface area contributed by atoms with Crippen molar-refractivity contribution in [3.05, 3.63) is 52.1 Å². The van der Waals surface area contributed by atoms with Crippen LogP contribution < -0.4 is 18.9 Å². The number of nitriles is 1. The van der Waals surface area contributed by atoms with Crippen LogP contribution in [0.3, 0.4) is 0 Å². The second kappa shape index (κ2) is 9.09. The molecule has 9 heteroatoms. The first-order chi connectivity index (χ1) is 18.4. The highest BCUT2D eigenvalue weighted by Crippen LogP contribution is 2.58. The van der Waals surface area contributed by atoms with Crippen molar-refractivity contribution in [1.82, 2.24) is 9.80 Å². The van der Waals surface area contributed by atoms with Gasteiger partial charge in [-0.05, 0) is 44.9 Å². The quantitative estimate of drug-likeness (QED) is 0.576. The Morgan fingerprint density at radius 3 is 2.63 bits per heavy atom. The first-order valence-electron chi connectivity index (χ1n) is 13.0. The fourth-order valence-electron chi connectivity index (χ4n) is 7.34. The first-order valence-corrected chi connectivity index (χ1v) is 13.0. The normalized spacial score (nSPS) is 27.1. The van der Waals surface area contributed by atoms with E-state index in [4.69, 9.17) is 18.9 Å². The number of piperazine rings is 1. The maximum Gasteiger partial charge on any atom is 0.231 e. The fourth-order valence-corrected chi connectivity index (χ4v) is 7.34. The zero-order valence-electron chi connectivity index (χ0n) is 22.2. The molecular formula is C29H33N3O6. The largest absolute Gasteiger partial charge is 0.504 e. The number of likely N-dealkylation sites (N-methyl/N-ethyl adjacent to an activating group) is 1. The van der Waals surface area contributed by atoms with E-state index in [1.54, 1.807) is 13.2 Å². The van der Waals surface area contributed by atoms with Crippen LogP contribution >= 0.6 is 0 Å². The Balaban J connectivity index is 1.60. The summed E-state index contributed by atoms with van der Waals surface area (Å²) in [6.45, 7) is 7.88. The minimum atomic E-state index is -0.509. The smallest absolute Gasteiger partial charge is 0.231 e. The summed E-state index contributed by atoms with van der Waals surface area (Å²) < 4.78 is 23.6. The molecule has 9 nitrogen and oxygen atoms in total. The molecule has 2 aromatic rings. The Morgan fingerprint density at radius 2 is 1.95 bits per heavy atom. The minimum Gasteiger partial charge on any atom is -0.504 e. The van der Waals surface area contributed by atoms with Crippen molar-refractivity contribution in [2.24, 2.45) is 0 Å². The Kier molecular flexibility index (Phi) is 5.94. The lowest BCUT2D eigenvalue weighted by molar-refractivity contribution is -0.0825. The molecule has 0 amide bonds. The van der Waals surface area contributed by atoms with Gasteiger partial charge in [0.25, 0.3) is 0 Å². The van der Waals surface area contributed by atoms with Crippen LogP contribution in [0.25, 0.3) is 0 Å². The topological polar surface area (TPSA) is 108 Å². The second-order valence-corrected chi connectivity index (χ2v) is 10.5. The monoisotopic (exact) mass is 519 g/mol. The standard InChI is InChI=1S/C29H33N3O6/c1-6-7-36-27-15(3)28-29(38-13-37-28)23-17(27)10-19-24-22-16(8-14(2)26(35-5)25(22)34)9-18(31(24)4)20(11-30)32(19)21(23)12-33/h6,8,18-21,24,33-34H,1,7,9-10,12-13H2,2-5H3/t18-,19?,20-,21-,24+/m0/s1. The van der Waals surface area contributed by atoms with Crippen molar-refractivity contribution in [1.29, 1.82) is 5.26 Å². The third-order valence-corrected chi connectivity index (χ3v) is 8.78. The lowest BCUT2D eigenvalue weighted by Crippen LogP contribution is -2.68. The van der Waals surface area contributed by atoms with Crippen molar-refractivity contribution in [2.75, 3.05) is 34.2 Å². The number of rotatable bonds is 5. The van der Waals surface area contributed by atoms with Crippen LogP contribution in [-0.4, -0.2) is 72.3 Å². The van der Waals surface area contributed by atoms with Gasteiger partial charge in [0, 0.05) is 34.3 Å². The van der Waals surface area contributed by atoms with Gasteiger partial charge in [-0.1, -0.05) is 18.7 Å². The number of fused-ring (bicyclic) bond motifs is 9. The molecule has 4 aliphatic heterocycles. The van der Waals surface area contributed by atoms with Gasteiger partial charge in [0.2, 0.25) is 6.79 Å². The van der Waals surface area contributed by atoms with Crippen molar-refractivity contribution in [3.8, 4) is 34.8 Å². The van der Waals surface area contributed by atoms with E-state index in [0.717, 1.165) is 33.4 Å². The highest BCUT2D eigenvalue weighted by Gasteiger charge is 2.56. The summed E-state index contributed by atoms with van der Waals surface area (Å²) in [7, 11) is 3.59. The average molecular weight is 520 g/mol. The number of hydrogen-bond donors (Lipinski definition) is 2. The number of aliphatic hydroxyl groups is 1. The Morgan fingerprint density at radius 1 is 1.18 bits per heavy atom. The highest BCUT2D eigenvalue weighted by atomic mass is 16.7. The fraction of sp³-hybridized carbons (Fsp3) is 0.483. The molecule has 1 unspecified atom stereocenters. The maximum atomic E-state index is 11.5. The van der Waals surface area contributed by atoms with Crippen LogP contribution in [0.2, 0.25) is 0 Å². The zero-order valence-corrected chi connectivity index (χ0v) is 22.2. The van der Waals surface area contributed by atoms with Gasteiger partial charge in [0.15, 0.2) is 23.0 Å². The summed E-state index contributed by atoms with van der Waals surface area (Å²) in [5, 5.41) is 32.8. The number of aromatic hydroxyl groups is 1. The number of aryl methyl sites for hydroxylation is 1. The number of phenolic OH excluding ortho intramolecular Hbond substituents is 1. The van der Waals surface area contributed by atoms with Gasteiger partial charge >= 0.3 is 0 Å². The molecule has 4 aliphatic rings. The van der Waals surface area contributed by atoms with E-state index >= 15 is 0 Å². The van der Waals surface area contributed by atoms with Gasteiger partial charge in [-0.15, -0.1) is 0 Å². The highest BCUT2D eigenvalue weighted by molar-refractivity contribution is 5.66. The van der Waals surface area contributed by atoms with E-state index in [2.05, 4.69) is 28.5 Å². The lowest BCUT2D eigenvalue weighted by Gasteiger charge is -2.59. The molecule has 1 fully saturated rings. The van der Waals surface area contributed by atoms with Crippen molar-refractivity contribution in [3.63, 3.8) is 0 Å². The number of nitrogens with zero attached hydrogens (tertiary/aromatic N) is 3. The maximum absolute atomic E-state index is 11.5. The van der Waals surface area contributed by atoms with Crippen LogP contribution in [0.5, 0.6) is 28.7 Å². The van der Waals surface area contributed by atoms with Crippen LogP contribution in [0.15, 0.2) is 18.7 Å². The number of phenols is 1. The van der Waals surface area contributed by atoms with Crippen LogP contribution in [0.1, 0.15) is 45.5 Å². The summed E-state index contributed by atoms with van der Waals surface area (Å²) >= 11 is 0. The number of methoxy groups -OCH3 is 1. The summed E-state index contributed by atoms with van der Waals surface area (Å²) in [6, 6.07) is 3.06. The van der Waals surface area contributed by atoms with E-state index in [-0.39, 0.29) is 37.3 Å². The molecule has 0 spiro atoms. The van der Waals surface area contributed by atoms with Gasteiger partial charge < -0.3 is 29.2 Å². The van der Waals surface area contributed by atoms with E-state index in [9.17, 15) is 15.5 Å². The lowest BCUT2D eigenvalue weighted by atomic mass is 9.71. The predicted molar refractivity (Wildman–Crippen MR) is 139 cm³/mol. The average Bonchev–Trinajstić information content (AvgIpc) is 3.39. The molecule has 0 aromatic heterocycles. The van der Waals surface area contributed by atoms with Gasteiger partial charge in [-0.25, -0.2) is 0 Å². The van der Waals surface area contributed by atoms with E-state index in [0.29, 0.717) is 42.4 Å². The number of hydrogen-bond acceptors (Lipinski definition) is 9.